The van der Waals surface area contributed by atoms with Crippen molar-refractivity contribution in [1.82, 2.24) is 19.6 Å². The highest BCUT2D eigenvalue weighted by Gasteiger charge is 2.50. The highest BCUT2D eigenvalue weighted by atomic mass is 16.6. The Morgan fingerprint density at radius 1 is 1.27 bits per heavy atom. The Morgan fingerprint density at radius 2 is 2.04 bits per heavy atom. The molecule has 2 aliphatic heterocycles. The zero-order chi connectivity index (χ0) is 18.3. The molecule has 1 aromatic carbocycles. The molecule has 7 heteroatoms. The molecule has 2 aromatic rings. The fourth-order valence-corrected chi connectivity index (χ4v) is 3.82. The summed E-state index contributed by atoms with van der Waals surface area (Å²) in [4.78, 5) is 28.6. The Bertz CT molecular complexity index is 848. The average molecular weight is 354 g/mol. The Morgan fingerprint density at radius 3 is 2.77 bits per heavy atom. The minimum absolute atomic E-state index is 0.0611. The van der Waals surface area contributed by atoms with Gasteiger partial charge < -0.3 is 9.64 Å². The van der Waals surface area contributed by atoms with E-state index in [2.05, 4.69) is 5.10 Å². The molecule has 2 saturated heterocycles. The van der Waals surface area contributed by atoms with Gasteiger partial charge in [-0.2, -0.15) is 5.10 Å². The zero-order valence-corrected chi connectivity index (χ0v) is 15.0. The first-order chi connectivity index (χ1) is 12.5. The molecular formula is C19H22N4O3. The number of hydrogen-bond donors (Lipinski definition) is 0. The van der Waals surface area contributed by atoms with Crippen LogP contribution in [0.25, 0.3) is 11.3 Å². The van der Waals surface area contributed by atoms with Gasteiger partial charge in [0.1, 0.15) is 12.3 Å². The van der Waals surface area contributed by atoms with Crippen LogP contribution < -0.4 is 0 Å². The second-order valence-corrected chi connectivity index (χ2v) is 6.92. The molecule has 0 aliphatic carbocycles. The number of fused-ring (bicyclic) bond motifs is 1. The number of ether oxygens (including phenoxy) is 1. The summed E-state index contributed by atoms with van der Waals surface area (Å²) >= 11 is 0. The molecule has 0 spiro atoms. The minimum Gasteiger partial charge on any atom is -0.447 e. The van der Waals surface area contributed by atoms with Crippen LogP contribution in [-0.4, -0.2) is 63.4 Å². The van der Waals surface area contributed by atoms with E-state index in [-0.39, 0.29) is 12.0 Å². The molecule has 1 unspecified atom stereocenters. The van der Waals surface area contributed by atoms with E-state index in [0.717, 1.165) is 17.7 Å². The standard InChI is InChI=1S/C19H22N4O3/c1-3-19-12-22(9-10-23(19)18(25)26-13-19)17(24)16-11-15(20-21(16)2)14-7-5-4-6-8-14/h4-8,11H,3,9-10,12-13H2,1-2H3. The van der Waals surface area contributed by atoms with Gasteiger partial charge in [-0.25, -0.2) is 4.79 Å². The van der Waals surface area contributed by atoms with Crippen molar-refractivity contribution in [1.29, 1.82) is 0 Å². The van der Waals surface area contributed by atoms with Crippen molar-refractivity contribution in [2.75, 3.05) is 26.2 Å². The SMILES string of the molecule is CCC12COC(=O)N1CCN(C(=O)c1cc(-c3ccccc3)nn1C)C2. The van der Waals surface area contributed by atoms with Crippen LogP contribution in [-0.2, 0) is 11.8 Å². The van der Waals surface area contributed by atoms with Crippen LogP contribution in [0.5, 0.6) is 0 Å². The third kappa shape index (κ3) is 2.55. The van der Waals surface area contributed by atoms with Crippen LogP contribution in [0.1, 0.15) is 23.8 Å². The van der Waals surface area contributed by atoms with Crippen molar-refractivity contribution in [3.8, 4) is 11.3 Å². The smallest absolute Gasteiger partial charge is 0.410 e. The molecule has 7 nitrogen and oxygen atoms in total. The highest BCUT2D eigenvalue weighted by molar-refractivity contribution is 5.94. The van der Waals surface area contributed by atoms with Crippen molar-refractivity contribution in [2.24, 2.45) is 7.05 Å². The second kappa shape index (κ2) is 6.16. The van der Waals surface area contributed by atoms with E-state index in [0.29, 0.717) is 31.9 Å². The Kier molecular flexibility index (Phi) is 3.94. The molecule has 3 heterocycles. The summed E-state index contributed by atoms with van der Waals surface area (Å²) in [7, 11) is 1.79. The number of aromatic nitrogens is 2. The average Bonchev–Trinajstić information content (AvgIpc) is 3.22. The van der Waals surface area contributed by atoms with Gasteiger partial charge in [0.2, 0.25) is 0 Å². The number of benzene rings is 1. The lowest BCUT2D eigenvalue weighted by molar-refractivity contribution is 0.0353. The normalized spacial score (nSPS) is 22.3. The Balaban J connectivity index is 1.59. The van der Waals surface area contributed by atoms with Crippen LogP contribution in [0.2, 0.25) is 0 Å². The Labute approximate surface area is 152 Å². The van der Waals surface area contributed by atoms with Gasteiger partial charge in [-0.05, 0) is 12.5 Å². The molecule has 26 heavy (non-hydrogen) atoms. The number of aryl methyl sites for hydroxylation is 1. The van der Waals surface area contributed by atoms with Crippen LogP contribution in [0.3, 0.4) is 0 Å². The zero-order valence-electron chi connectivity index (χ0n) is 15.0. The van der Waals surface area contributed by atoms with E-state index < -0.39 is 5.54 Å². The van der Waals surface area contributed by atoms with Crippen LogP contribution in [0.15, 0.2) is 36.4 Å². The van der Waals surface area contributed by atoms with E-state index >= 15 is 0 Å². The lowest BCUT2D eigenvalue weighted by Crippen LogP contribution is -2.62. The minimum atomic E-state index is -0.411. The maximum atomic E-state index is 13.1. The molecule has 1 aromatic heterocycles. The fraction of sp³-hybridized carbons (Fsp3) is 0.421. The summed E-state index contributed by atoms with van der Waals surface area (Å²) in [5.74, 6) is -0.0611. The number of nitrogens with zero attached hydrogens (tertiary/aromatic N) is 4. The molecule has 1 atom stereocenters. The van der Waals surface area contributed by atoms with Crippen LogP contribution in [0.4, 0.5) is 4.79 Å². The van der Waals surface area contributed by atoms with Crippen molar-refractivity contribution in [3.63, 3.8) is 0 Å². The summed E-state index contributed by atoms with van der Waals surface area (Å²) in [5, 5.41) is 4.49. The van der Waals surface area contributed by atoms with Gasteiger partial charge in [0, 0.05) is 32.2 Å². The first-order valence-corrected chi connectivity index (χ1v) is 8.87. The van der Waals surface area contributed by atoms with Crippen LogP contribution >= 0.6 is 0 Å². The van der Waals surface area contributed by atoms with Crippen molar-refractivity contribution in [3.05, 3.63) is 42.1 Å². The quantitative estimate of drug-likeness (QED) is 0.847. The highest BCUT2D eigenvalue weighted by Crippen LogP contribution is 2.32. The first-order valence-electron chi connectivity index (χ1n) is 8.87. The summed E-state index contributed by atoms with van der Waals surface area (Å²) in [6.07, 6.45) is 0.481. The molecule has 0 N–H and O–H groups in total. The first kappa shape index (κ1) is 16.6. The molecule has 0 bridgehead atoms. The molecule has 2 fully saturated rings. The maximum Gasteiger partial charge on any atom is 0.410 e. The van der Waals surface area contributed by atoms with Gasteiger partial charge in [0.15, 0.2) is 0 Å². The summed E-state index contributed by atoms with van der Waals surface area (Å²) < 4.78 is 6.88. The van der Waals surface area contributed by atoms with Crippen molar-refractivity contribution < 1.29 is 14.3 Å². The number of amides is 2. The largest absolute Gasteiger partial charge is 0.447 e. The summed E-state index contributed by atoms with van der Waals surface area (Å²) in [6, 6.07) is 11.6. The van der Waals surface area contributed by atoms with Gasteiger partial charge in [0.05, 0.1) is 11.2 Å². The van der Waals surface area contributed by atoms with Crippen molar-refractivity contribution >= 4 is 12.0 Å². The maximum absolute atomic E-state index is 13.1. The molecule has 136 valence electrons. The topological polar surface area (TPSA) is 67.7 Å². The molecule has 0 radical (unpaired) electrons. The number of carbonyl (C=O) groups is 2. The van der Waals surface area contributed by atoms with E-state index in [1.807, 2.05) is 48.2 Å². The van der Waals surface area contributed by atoms with E-state index in [9.17, 15) is 9.59 Å². The van der Waals surface area contributed by atoms with E-state index in [1.165, 1.54) is 0 Å². The van der Waals surface area contributed by atoms with Gasteiger partial charge in [0.25, 0.3) is 5.91 Å². The second-order valence-electron chi connectivity index (χ2n) is 6.92. The molecule has 2 amide bonds. The van der Waals surface area contributed by atoms with Crippen molar-refractivity contribution in [2.45, 2.75) is 18.9 Å². The predicted molar refractivity (Wildman–Crippen MR) is 95.6 cm³/mol. The fourth-order valence-electron chi connectivity index (χ4n) is 3.82. The molecular weight excluding hydrogens is 332 g/mol. The van der Waals surface area contributed by atoms with Gasteiger partial charge in [-0.15, -0.1) is 0 Å². The number of rotatable bonds is 3. The third-order valence-corrected chi connectivity index (χ3v) is 5.45. The monoisotopic (exact) mass is 354 g/mol. The van der Waals surface area contributed by atoms with Crippen LogP contribution in [0, 0.1) is 0 Å². The van der Waals surface area contributed by atoms with Gasteiger partial charge in [-0.3, -0.25) is 14.4 Å². The molecule has 2 aliphatic rings. The Hall–Kier alpha value is -2.83. The van der Waals surface area contributed by atoms with Gasteiger partial charge >= 0.3 is 6.09 Å². The molecule has 4 rings (SSSR count). The van der Waals surface area contributed by atoms with E-state index in [1.54, 1.807) is 16.6 Å². The molecule has 0 saturated carbocycles. The van der Waals surface area contributed by atoms with Gasteiger partial charge in [-0.1, -0.05) is 37.3 Å². The number of hydrogen-bond acceptors (Lipinski definition) is 4. The van der Waals surface area contributed by atoms with E-state index in [4.69, 9.17) is 4.74 Å². The number of carbonyl (C=O) groups excluding carboxylic acids is 2. The number of cyclic esters (lactones) is 1. The lowest BCUT2D eigenvalue weighted by Gasteiger charge is -2.44. The summed E-state index contributed by atoms with van der Waals surface area (Å²) in [6.45, 7) is 3.86. The summed E-state index contributed by atoms with van der Waals surface area (Å²) in [5.41, 5.74) is 1.89. The third-order valence-electron chi connectivity index (χ3n) is 5.45. The number of piperazine rings is 1. The predicted octanol–water partition coefficient (Wildman–Crippen LogP) is 2.14. The lowest BCUT2D eigenvalue weighted by atomic mass is 9.92.